The Bertz CT molecular complexity index is 415. The van der Waals surface area contributed by atoms with E-state index in [1.165, 1.54) is 18.2 Å². The van der Waals surface area contributed by atoms with Crippen LogP contribution in [-0.4, -0.2) is 10.0 Å². The number of hydrogen-bond acceptors (Lipinski definition) is 3. The van der Waals surface area contributed by atoms with Crippen LogP contribution >= 0.6 is 18.6 Å². The molecule has 0 saturated carbocycles. The third kappa shape index (κ3) is 9.25. The van der Waals surface area contributed by atoms with Crippen molar-refractivity contribution in [3.8, 4) is 5.75 Å². The molecule has 4 nitrogen and oxygen atoms in total. The minimum atomic E-state index is -0.556. The summed E-state index contributed by atoms with van der Waals surface area (Å²) in [5.41, 5.74) is -0.0972. The van der Waals surface area contributed by atoms with Gasteiger partial charge in [0.25, 0.3) is 5.69 Å². The maximum atomic E-state index is 10.0. The number of non-ortho nitro benzene ring substituents is 1. The Kier molecular flexibility index (Phi) is 10.8. The van der Waals surface area contributed by atoms with Crippen LogP contribution in [-0.2, 0) is 17.0 Å². The van der Waals surface area contributed by atoms with E-state index in [0.717, 1.165) is 6.07 Å². The zero-order chi connectivity index (χ0) is 13.8. The first-order valence-electron chi connectivity index (χ1n) is 4.68. The molecule has 1 radical (unpaired) electrons. The molecule has 0 bridgehead atoms. The second-order valence-corrected chi connectivity index (χ2v) is 5.39. The van der Waals surface area contributed by atoms with Gasteiger partial charge >= 0.3 is 35.6 Å². The van der Waals surface area contributed by atoms with Crippen molar-refractivity contribution < 1.29 is 27.1 Å². The fourth-order valence-electron chi connectivity index (χ4n) is 0.927. The Morgan fingerprint density at radius 3 is 2.00 bits per heavy atom. The van der Waals surface area contributed by atoms with Gasteiger partial charge < -0.3 is 5.11 Å². The average molecular weight is 323 g/mol. The zero-order valence-electron chi connectivity index (χ0n) is 9.16. The monoisotopic (exact) mass is 322 g/mol. The van der Waals surface area contributed by atoms with Gasteiger partial charge in [0.05, 0.1) is 11.0 Å². The molecule has 0 saturated heterocycles. The van der Waals surface area contributed by atoms with Crippen LogP contribution in [0.15, 0.2) is 48.6 Å². The fraction of sp³-hybridized carbons (Fsp3) is 0. The van der Waals surface area contributed by atoms with E-state index in [0.29, 0.717) is 0 Å². The molecular weight excluding hydrogens is 313 g/mol. The molecule has 1 aliphatic carbocycles. The number of nitro benzene ring substituents is 1. The van der Waals surface area contributed by atoms with Gasteiger partial charge in [-0.3, -0.25) is 10.1 Å². The van der Waals surface area contributed by atoms with Crippen LogP contribution < -0.4 is 0 Å². The van der Waals surface area contributed by atoms with Gasteiger partial charge in [0, 0.05) is 12.5 Å². The predicted molar refractivity (Wildman–Crippen MR) is 69.0 cm³/mol. The van der Waals surface area contributed by atoms with Crippen LogP contribution in [0.2, 0.25) is 0 Å². The Morgan fingerprint density at radius 1 is 1.17 bits per heavy atom. The van der Waals surface area contributed by atoms with Crippen molar-refractivity contribution in [2.24, 2.45) is 0 Å². The number of phenolic OH excluding ortho intramolecular Hbond substituents is 1. The molecule has 1 aromatic carbocycles. The summed E-state index contributed by atoms with van der Waals surface area (Å²) in [5.74, 6) is -0.0887. The van der Waals surface area contributed by atoms with E-state index in [-0.39, 0.29) is 11.4 Å². The number of aromatic hydroxyl groups is 1. The molecule has 1 N–H and O–H groups in total. The van der Waals surface area contributed by atoms with E-state index >= 15 is 0 Å². The molecule has 7 heteroatoms. The molecule has 0 heterocycles. The van der Waals surface area contributed by atoms with Crippen molar-refractivity contribution in [1.29, 1.82) is 0 Å². The standard InChI is InChI=1S/C6H5NO3.C5H5.2ClH.Ti/c8-6-3-1-2-5(4-6)7(9)10;1-2-4-5-3-1;;;/h1-4,8H;1-5H;2*1H;/q;;;;+2/p-2. The van der Waals surface area contributed by atoms with E-state index in [1.807, 2.05) is 30.7 Å². The molecule has 2 rings (SSSR count). The number of hydrogen-bond donors (Lipinski definition) is 1. The Morgan fingerprint density at radius 2 is 1.72 bits per heavy atom. The fourth-order valence-corrected chi connectivity index (χ4v) is 0.927. The summed E-state index contributed by atoms with van der Waals surface area (Å²) in [6.45, 7) is 0. The summed E-state index contributed by atoms with van der Waals surface area (Å²) >= 11 is -0.556. The zero-order valence-corrected chi connectivity index (χ0v) is 12.2. The average Bonchev–Trinajstić information content (AvgIpc) is 2.88. The first kappa shape index (κ1) is 17.2. The molecular formula is C11H10Cl2NO3Ti. The molecule has 0 unspecified atom stereocenters. The van der Waals surface area contributed by atoms with Gasteiger partial charge in [-0.15, -0.1) is 0 Å². The van der Waals surface area contributed by atoms with Gasteiger partial charge in [-0.1, -0.05) is 30.4 Å². The minimum absolute atomic E-state index is 0.0887. The summed E-state index contributed by atoms with van der Waals surface area (Å²) < 4.78 is 0. The van der Waals surface area contributed by atoms with E-state index < -0.39 is 22.0 Å². The van der Waals surface area contributed by atoms with Gasteiger partial charge in [0.15, 0.2) is 0 Å². The second-order valence-electron chi connectivity index (χ2n) is 2.81. The Hall–Kier alpha value is -0.806. The normalized spacial score (nSPS) is 10.8. The number of nitro groups is 1. The van der Waals surface area contributed by atoms with Gasteiger partial charge in [-0.25, -0.2) is 0 Å². The quantitative estimate of drug-likeness (QED) is 0.483. The molecule has 0 amide bonds. The van der Waals surface area contributed by atoms with E-state index in [1.54, 1.807) is 0 Å². The Balaban J connectivity index is 0.000000301. The van der Waals surface area contributed by atoms with Crippen LogP contribution in [0.3, 0.4) is 0 Å². The van der Waals surface area contributed by atoms with E-state index in [2.05, 4.69) is 0 Å². The van der Waals surface area contributed by atoms with Gasteiger partial charge in [-0.05, 0) is 6.07 Å². The van der Waals surface area contributed by atoms with Crippen molar-refractivity contribution in [1.82, 2.24) is 0 Å². The van der Waals surface area contributed by atoms with Crippen molar-refractivity contribution >= 4 is 24.3 Å². The summed E-state index contributed by atoms with van der Waals surface area (Å²) in [5, 5.41) is 18.8. The molecule has 0 fully saturated rings. The van der Waals surface area contributed by atoms with Crippen molar-refractivity contribution in [3.63, 3.8) is 0 Å². The number of benzene rings is 1. The molecule has 0 aromatic heterocycles. The van der Waals surface area contributed by atoms with E-state index in [4.69, 9.17) is 23.7 Å². The predicted octanol–water partition coefficient (Wildman–Crippen LogP) is 3.99. The van der Waals surface area contributed by atoms with Gasteiger partial charge in [0.2, 0.25) is 0 Å². The van der Waals surface area contributed by atoms with Crippen molar-refractivity contribution in [2.75, 3.05) is 0 Å². The Labute approximate surface area is 122 Å². The topological polar surface area (TPSA) is 63.4 Å². The van der Waals surface area contributed by atoms with Crippen LogP contribution in [0.4, 0.5) is 5.69 Å². The molecule has 95 valence electrons. The van der Waals surface area contributed by atoms with Crippen molar-refractivity contribution in [3.05, 3.63) is 65.1 Å². The number of rotatable bonds is 1. The number of nitrogens with zero attached hydrogens (tertiary/aromatic N) is 1. The van der Waals surface area contributed by atoms with Gasteiger partial charge in [-0.2, -0.15) is 0 Å². The summed E-state index contributed by atoms with van der Waals surface area (Å²) in [6, 6.07) is 5.22. The first-order valence-corrected chi connectivity index (χ1v) is 8.98. The third-order valence-corrected chi connectivity index (χ3v) is 1.60. The number of phenols is 1. The van der Waals surface area contributed by atoms with Crippen LogP contribution in [0, 0.1) is 16.5 Å². The molecule has 18 heavy (non-hydrogen) atoms. The molecule has 1 aliphatic rings. The third-order valence-electron chi connectivity index (χ3n) is 1.60. The number of halogens is 2. The SMILES string of the molecule is O=[N+]([O-])c1cccc(O)c1.[CH]1C=CC=C1.[Cl][Ti][Cl]. The van der Waals surface area contributed by atoms with E-state index in [9.17, 15) is 10.1 Å². The number of allylic oxidation sites excluding steroid dienone is 4. The summed E-state index contributed by atoms with van der Waals surface area (Å²) in [7, 11) is 9.78. The molecule has 1 aromatic rings. The van der Waals surface area contributed by atoms with Crippen LogP contribution in [0.1, 0.15) is 0 Å². The van der Waals surface area contributed by atoms with Gasteiger partial charge in [0.1, 0.15) is 5.75 Å². The first-order chi connectivity index (χ1) is 8.61. The molecule has 0 spiro atoms. The second kappa shape index (κ2) is 11.3. The van der Waals surface area contributed by atoms with Crippen molar-refractivity contribution in [2.45, 2.75) is 0 Å². The van der Waals surface area contributed by atoms with Crippen LogP contribution in [0.5, 0.6) is 5.75 Å². The maximum absolute atomic E-state index is 10.0. The van der Waals surface area contributed by atoms with Crippen LogP contribution in [0.25, 0.3) is 0 Å². The molecule has 0 atom stereocenters. The summed E-state index contributed by atoms with van der Waals surface area (Å²) in [6.07, 6.45) is 10.0. The summed E-state index contributed by atoms with van der Waals surface area (Å²) in [4.78, 5) is 9.49. The molecule has 0 aliphatic heterocycles.